The molecule has 4 nitrogen and oxygen atoms in total. The molecule has 1 heterocycles. The Morgan fingerprint density at radius 2 is 2.12 bits per heavy atom. The molecule has 0 N–H and O–H groups in total. The smallest absolute Gasteiger partial charge is 0.225 e. The first-order valence-corrected chi connectivity index (χ1v) is 6.79. The number of amides is 1. The molecule has 4 heteroatoms. The van der Waals surface area contributed by atoms with Crippen molar-refractivity contribution in [3.63, 3.8) is 0 Å². The summed E-state index contributed by atoms with van der Waals surface area (Å²) < 4.78 is 11.0. The zero-order valence-electron chi connectivity index (χ0n) is 10.7. The Kier molecular flexibility index (Phi) is 4.80. The minimum absolute atomic E-state index is 0.215. The number of piperidine rings is 1. The number of hydrogen-bond donors (Lipinski definition) is 0. The van der Waals surface area contributed by atoms with Crippen LogP contribution in [0.4, 0.5) is 0 Å². The Balaban J connectivity index is 1.67. The molecule has 1 unspecified atom stereocenters. The van der Waals surface area contributed by atoms with Crippen molar-refractivity contribution >= 4 is 5.91 Å². The standard InChI is InChI=1S/C13H23NO3/c1-2-16-8-9-17-12-4-3-7-14(10-12)13(15)11-5-6-11/h11-12H,2-10H2,1H3. The lowest BCUT2D eigenvalue weighted by molar-refractivity contribution is -0.137. The maximum Gasteiger partial charge on any atom is 0.225 e. The summed E-state index contributed by atoms with van der Waals surface area (Å²) in [5.41, 5.74) is 0. The highest BCUT2D eigenvalue weighted by Gasteiger charge is 2.35. The average Bonchev–Trinajstić information content (AvgIpc) is 3.18. The summed E-state index contributed by atoms with van der Waals surface area (Å²) in [6.45, 7) is 5.71. The molecule has 1 aliphatic carbocycles. The van der Waals surface area contributed by atoms with Crippen molar-refractivity contribution in [2.24, 2.45) is 5.92 Å². The largest absolute Gasteiger partial charge is 0.379 e. The summed E-state index contributed by atoms with van der Waals surface area (Å²) in [6.07, 6.45) is 4.53. The van der Waals surface area contributed by atoms with E-state index < -0.39 is 0 Å². The number of carbonyl (C=O) groups is 1. The number of ether oxygens (including phenoxy) is 2. The van der Waals surface area contributed by atoms with Crippen LogP contribution < -0.4 is 0 Å². The van der Waals surface area contributed by atoms with Gasteiger partial charge < -0.3 is 14.4 Å². The zero-order valence-corrected chi connectivity index (χ0v) is 10.7. The van der Waals surface area contributed by atoms with E-state index in [1.807, 2.05) is 11.8 Å². The summed E-state index contributed by atoms with van der Waals surface area (Å²) in [6, 6.07) is 0. The van der Waals surface area contributed by atoms with E-state index in [4.69, 9.17) is 9.47 Å². The third kappa shape index (κ3) is 3.96. The maximum atomic E-state index is 11.9. The third-order valence-corrected chi connectivity index (χ3v) is 3.40. The molecule has 0 spiro atoms. The third-order valence-electron chi connectivity index (χ3n) is 3.40. The van der Waals surface area contributed by atoms with Crippen molar-refractivity contribution in [2.75, 3.05) is 32.9 Å². The minimum Gasteiger partial charge on any atom is -0.379 e. The Bertz CT molecular complexity index is 253. The van der Waals surface area contributed by atoms with Crippen LogP contribution in [0.3, 0.4) is 0 Å². The van der Waals surface area contributed by atoms with Crippen LogP contribution >= 0.6 is 0 Å². The van der Waals surface area contributed by atoms with Gasteiger partial charge in [0.2, 0.25) is 5.91 Å². The normalized spacial score (nSPS) is 25.0. The van der Waals surface area contributed by atoms with Gasteiger partial charge in [0.1, 0.15) is 0 Å². The molecule has 1 atom stereocenters. The van der Waals surface area contributed by atoms with Crippen molar-refractivity contribution < 1.29 is 14.3 Å². The van der Waals surface area contributed by atoms with Gasteiger partial charge >= 0.3 is 0 Å². The molecule has 1 aliphatic heterocycles. The second kappa shape index (κ2) is 6.36. The summed E-state index contributed by atoms with van der Waals surface area (Å²) in [4.78, 5) is 13.9. The van der Waals surface area contributed by atoms with Crippen molar-refractivity contribution in [3.05, 3.63) is 0 Å². The lowest BCUT2D eigenvalue weighted by Gasteiger charge is -2.32. The van der Waals surface area contributed by atoms with E-state index in [0.717, 1.165) is 45.4 Å². The number of carbonyl (C=O) groups excluding carboxylic acids is 1. The Morgan fingerprint density at radius 1 is 1.29 bits per heavy atom. The monoisotopic (exact) mass is 241 g/mol. The van der Waals surface area contributed by atoms with Crippen LogP contribution in [0.25, 0.3) is 0 Å². The predicted octanol–water partition coefficient (Wildman–Crippen LogP) is 1.44. The Hall–Kier alpha value is -0.610. The number of likely N-dealkylation sites (tertiary alicyclic amines) is 1. The fourth-order valence-electron chi connectivity index (χ4n) is 2.28. The van der Waals surface area contributed by atoms with E-state index in [2.05, 4.69) is 0 Å². The summed E-state index contributed by atoms with van der Waals surface area (Å²) >= 11 is 0. The number of rotatable bonds is 6. The Labute approximate surface area is 103 Å². The van der Waals surface area contributed by atoms with E-state index in [0.29, 0.717) is 25.0 Å². The van der Waals surface area contributed by atoms with Crippen molar-refractivity contribution in [3.8, 4) is 0 Å². The van der Waals surface area contributed by atoms with Gasteiger partial charge in [-0.3, -0.25) is 4.79 Å². The molecule has 0 bridgehead atoms. The lowest BCUT2D eigenvalue weighted by Crippen LogP contribution is -2.44. The van der Waals surface area contributed by atoms with Gasteiger partial charge in [-0.15, -0.1) is 0 Å². The molecule has 2 fully saturated rings. The van der Waals surface area contributed by atoms with E-state index in [1.54, 1.807) is 0 Å². The topological polar surface area (TPSA) is 38.8 Å². The van der Waals surface area contributed by atoms with Crippen molar-refractivity contribution in [2.45, 2.75) is 38.7 Å². The highest BCUT2D eigenvalue weighted by molar-refractivity contribution is 5.81. The van der Waals surface area contributed by atoms with Gasteiger partial charge in [0, 0.05) is 25.6 Å². The predicted molar refractivity (Wildman–Crippen MR) is 64.8 cm³/mol. The molecule has 17 heavy (non-hydrogen) atoms. The van der Waals surface area contributed by atoms with Gasteiger partial charge in [-0.1, -0.05) is 0 Å². The van der Waals surface area contributed by atoms with Crippen LogP contribution in [0.15, 0.2) is 0 Å². The van der Waals surface area contributed by atoms with Gasteiger partial charge in [-0.05, 0) is 32.6 Å². The van der Waals surface area contributed by atoms with Gasteiger partial charge in [0.15, 0.2) is 0 Å². The van der Waals surface area contributed by atoms with Crippen molar-refractivity contribution in [1.82, 2.24) is 4.90 Å². The minimum atomic E-state index is 0.215. The van der Waals surface area contributed by atoms with Gasteiger partial charge in [-0.25, -0.2) is 0 Å². The molecule has 1 saturated carbocycles. The van der Waals surface area contributed by atoms with E-state index in [1.165, 1.54) is 0 Å². The quantitative estimate of drug-likeness (QED) is 0.661. The first-order valence-electron chi connectivity index (χ1n) is 6.79. The van der Waals surface area contributed by atoms with E-state index in [-0.39, 0.29) is 6.10 Å². The molecule has 0 aromatic carbocycles. The molecule has 1 saturated heterocycles. The van der Waals surface area contributed by atoms with Gasteiger partial charge in [0.25, 0.3) is 0 Å². The van der Waals surface area contributed by atoms with Crippen LogP contribution in [-0.4, -0.2) is 49.8 Å². The second-order valence-corrected chi connectivity index (χ2v) is 4.89. The van der Waals surface area contributed by atoms with Crippen LogP contribution in [0, 0.1) is 5.92 Å². The second-order valence-electron chi connectivity index (χ2n) is 4.89. The van der Waals surface area contributed by atoms with Crippen LogP contribution in [0.5, 0.6) is 0 Å². The molecule has 2 rings (SSSR count). The van der Waals surface area contributed by atoms with Crippen LogP contribution in [-0.2, 0) is 14.3 Å². The fraction of sp³-hybridized carbons (Fsp3) is 0.923. The molecule has 0 aromatic heterocycles. The SMILES string of the molecule is CCOCCOC1CCCN(C(=O)C2CC2)C1. The summed E-state index contributed by atoms with van der Waals surface area (Å²) in [5, 5.41) is 0. The summed E-state index contributed by atoms with van der Waals surface area (Å²) in [7, 11) is 0. The first kappa shape index (κ1) is 12.8. The average molecular weight is 241 g/mol. The van der Waals surface area contributed by atoms with Crippen LogP contribution in [0.2, 0.25) is 0 Å². The molecule has 0 aromatic rings. The number of nitrogens with zero attached hydrogens (tertiary/aromatic N) is 1. The number of hydrogen-bond acceptors (Lipinski definition) is 3. The summed E-state index contributed by atoms with van der Waals surface area (Å²) in [5.74, 6) is 0.681. The van der Waals surface area contributed by atoms with E-state index >= 15 is 0 Å². The zero-order chi connectivity index (χ0) is 12.1. The molecule has 1 amide bonds. The molecule has 2 aliphatic rings. The molecule has 0 radical (unpaired) electrons. The highest BCUT2D eigenvalue weighted by Crippen LogP contribution is 2.32. The molecular formula is C13H23NO3. The van der Waals surface area contributed by atoms with Gasteiger partial charge in [-0.2, -0.15) is 0 Å². The fourth-order valence-corrected chi connectivity index (χ4v) is 2.28. The Morgan fingerprint density at radius 3 is 2.82 bits per heavy atom. The van der Waals surface area contributed by atoms with Crippen LogP contribution in [0.1, 0.15) is 32.6 Å². The van der Waals surface area contributed by atoms with Crippen molar-refractivity contribution in [1.29, 1.82) is 0 Å². The first-order chi connectivity index (χ1) is 8.31. The lowest BCUT2D eigenvalue weighted by atomic mass is 10.1. The van der Waals surface area contributed by atoms with Gasteiger partial charge in [0.05, 0.1) is 19.3 Å². The maximum absolute atomic E-state index is 11.9. The van der Waals surface area contributed by atoms with E-state index in [9.17, 15) is 4.79 Å². The highest BCUT2D eigenvalue weighted by atomic mass is 16.5. The molecular weight excluding hydrogens is 218 g/mol. The molecule has 98 valence electrons.